The molecule has 0 aromatic carbocycles. The summed E-state index contributed by atoms with van der Waals surface area (Å²) in [6.45, 7) is 28.0. The largest absolute Gasteiger partial charge is 0.393 e. The van der Waals surface area contributed by atoms with Gasteiger partial charge in [-0.3, -0.25) is 14.4 Å². The number of nitrogens with zero attached hydrogens (tertiary/aromatic N) is 1. The van der Waals surface area contributed by atoms with Crippen LogP contribution in [0.15, 0.2) is 57.9 Å². The summed E-state index contributed by atoms with van der Waals surface area (Å²) < 4.78 is 12.0. The Morgan fingerprint density at radius 3 is 1.62 bits per heavy atom. The molecule has 26 atom stereocenters. The van der Waals surface area contributed by atoms with Gasteiger partial charge in [0.05, 0.1) is 109 Å². The molecule has 2 rings (SSSR count). The van der Waals surface area contributed by atoms with E-state index in [1.54, 1.807) is 81.5 Å². The van der Waals surface area contributed by atoms with Crippen LogP contribution in [0.4, 0.5) is 0 Å². The predicted molar refractivity (Wildman–Crippen MR) is 361 cm³/mol. The Morgan fingerprint density at radius 1 is 0.596 bits per heavy atom. The highest BCUT2D eigenvalue weighted by Crippen LogP contribution is 2.34. The van der Waals surface area contributed by atoms with E-state index in [9.17, 15) is 91.0 Å². The minimum atomic E-state index is -1.60. The molecule has 0 aliphatic carbocycles. The summed E-state index contributed by atoms with van der Waals surface area (Å²) in [4.78, 5) is 41.3. The van der Waals surface area contributed by atoms with Gasteiger partial charge in [-0.05, 0) is 176 Å². The van der Waals surface area contributed by atoms with Gasteiger partial charge in [0.1, 0.15) is 6.10 Å². The van der Waals surface area contributed by atoms with Crippen molar-refractivity contribution in [2.24, 2.45) is 59.0 Å². The summed E-state index contributed by atoms with van der Waals surface area (Å²) in [5.41, 5.74) is 8.32. The molecule has 26 unspecified atom stereocenters. The molecule has 22 heteroatoms. The fraction of sp³-hybridized carbons (Fsp3) is 0.819. The third kappa shape index (κ3) is 27.1. The van der Waals surface area contributed by atoms with Gasteiger partial charge in [-0.1, -0.05) is 94.4 Å². The Balaban J connectivity index is 1.94. The first-order valence-electron chi connectivity index (χ1n) is 34.7. The lowest BCUT2D eigenvalue weighted by atomic mass is 9.82. The minimum Gasteiger partial charge on any atom is -0.393 e. The molecular formula is C72H128N2O20. The zero-order valence-electron chi connectivity index (χ0n) is 59.6. The highest BCUT2D eigenvalue weighted by atomic mass is 16.7. The lowest BCUT2D eigenvalue weighted by Gasteiger charge is -2.42. The third-order valence-electron chi connectivity index (χ3n) is 20.0. The van der Waals surface area contributed by atoms with Crippen LogP contribution >= 0.6 is 0 Å². The molecule has 2 aliphatic rings. The van der Waals surface area contributed by atoms with E-state index in [0.717, 1.165) is 0 Å². The molecule has 94 heavy (non-hydrogen) atoms. The maximum atomic E-state index is 13.6. The molecule has 2 aliphatic heterocycles. The summed E-state index contributed by atoms with van der Waals surface area (Å²) in [6.07, 6.45) is -10.6. The summed E-state index contributed by atoms with van der Waals surface area (Å²) in [5.74, 6) is -4.43. The summed E-state index contributed by atoms with van der Waals surface area (Å²) in [7, 11) is 1.63. The average molecular weight is 1340 g/mol. The molecule has 22 nitrogen and oxygen atoms in total. The van der Waals surface area contributed by atoms with Crippen LogP contribution in [0, 0.1) is 53.3 Å². The maximum absolute atomic E-state index is 13.6. The highest BCUT2D eigenvalue weighted by Gasteiger charge is 2.44. The average Bonchev–Trinajstić information content (AvgIpc) is 1.61. The molecule has 0 aromatic rings. The molecule has 1 amide bonds. The van der Waals surface area contributed by atoms with E-state index in [1.807, 2.05) is 47.6 Å². The number of rotatable bonds is 44. The Labute approximate surface area is 561 Å². The van der Waals surface area contributed by atoms with Gasteiger partial charge in [-0.15, -0.1) is 0 Å². The quantitative estimate of drug-likeness (QED) is 0.0223. The third-order valence-corrected chi connectivity index (χ3v) is 20.0. The number of likely N-dealkylation sites (N-methyl/N-ethyl adjacent to an activating group) is 1. The van der Waals surface area contributed by atoms with Crippen LogP contribution in [-0.4, -0.2) is 222 Å². The Hall–Kier alpha value is -3.21. The second-order valence-electron chi connectivity index (χ2n) is 29.2. The van der Waals surface area contributed by atoms with Gasteiger partial charge in [0.2, 0.25) is 0 Å². The molecule has 0 bridgehead atoms. The van der Waals surface area contributed by atoms with Gasteiger partial charge in [0, 0.05) is 42.8 Å². The van der Waals surface area contributed by atoms with E-state index < -0.39 is 151 Å². The second-order valence-corrected chi connectivity index (χ2v) is 29.2. The lowest BCUT2D eigenvalue weighted by molar-refractivity contribution is -0.287. The highest BCUT2D eigenvalue weighted by molar-refractivity contribution is 6.28. The van der Waals surface area contributed by atoms with Gasteiger partial charge >= 0.3 is 0 Å². The molecule has 0 radical (unpaired) electrons. The Kier molecular flexibility index (Phi) is 38.2. The summed E-state index contributed by atoms with van der Waals surface area (Å²) in [5, 5.41) is 164. The van der Waals surface area contributed by atoms with Crippen LogP contribution < -0.4 is 5.73 Å². The Bertz CT molecular complexity index is 2450. The SMILES string of the molecule is CC1=C(C(=O)/C(C)=C/CC(O)CC(O)CCC(C)C(O)C(C)C(O)CCCC(O)C(C)C(O)/C(C)=C/C(C)C(=O)/C(C)=C/C(O)C(O)CC(O)CC(OC2OC(C)C(O)C(N)C2O)C(C)CCC(O)CC(O)CCC(C)C(O)C(C)C(O)C(C)C)C(=O)N(C)C1=CC(C)C. The number of hydrogen-bond donors (Lipinski definition) is 16. The monoisotopic (exact) mass is 1340 g/mol. The van der Waals surface area contributed by atoms with Crippen molar-refractivity contribution in [3.8, 4) is 0 Å². The molecule has 546 valence electrons. The smallest absolute Gasteiger partial charge is 0.262 e. The second kappa shape index (κ2) is 41.4. The number of nitrogens with two attached hydrogens (primary N) is 1. The summed E-state index contributed by atoms with van der Waals surface area (Å²) in [6, 6.07) is -1.11. The van der Waals surface area contributed by atoms with Crippen molar-refractivity contribution in [3.63, 3.8) is 0 Å². The Morgan fingerprint density at radius 2 is 1.10 bits per heavy atom. The van der Waals surface area contributed by atoms with Crippen molar-refractivity contribution in [3.05, 3.63) is 57.9 Å². The fourth-order valence-corrected chi connectivity index (χ4v) is 12.9. The molecular weight excluding hydrogens is 1210 g/mol. The first-order valence-corrected chi connectivity index (χ1v) is 34.7. The van der Waals surface area contributed by atoms with Crippen LogP contribution in [-0.2, 0) is 23.9 Å². The van der Waals surface area contributed by atoms with Crippen molar-refractivity contribution in [2.45, 2.75) is 317 Å². The maximum Gasteiger partial charge on any atom is 0.262 e. The van der Waals surface area contributed by atoms with Crippen LogP contribution in [0.3, 0.4) is 0 Å². The number of allylic oxidation sites excluding steroid dienone is 5. The van der Waals surface area contributed by atoms with E-state index >= 15 is 0 Å². The predicted octanol–water partition coefficient (Wildman–Crippen LogP) is 4.73. The molecule has 0 spiro atoms. The van der Waals surface area contributed by atoms with Crippen molar-refractivity contribution in [2.75, 3.05) is 7.05 Å². The van der Waals surface area contributed by atoms with E-state index in [0.29, 0.717) is 54.5 Å². The van der Waals surface area contributed by atoms with Crippen LogP contribution in [0.2, 0.25) is 0 Å². The number of ketones is 2. The topological polar surface area (TPSA) is 402 Å². The van der Waals surface area contributed by atoms with Crippen LogP contribution in [0.5, 0.6) is 0 Å². The van der Waals surface area contributed by atoms with E-state index in [2.05, 4.69) is 0 Å². The van der Waals surface area contributed by atoms with Crippen molar-refractivity contribution in [1.29, 1.82) is 0 Å². The normalized spacial score (nSPS) is 26.2. The molecule has 0 saturated carbocycles. The zero-order valence-corrected chi connectivity index (χ0v) is 59.6. The molecule has 2 heterocycles. The van der Waals surface area contributed by atoms with Gasteiger partial charge in [-0.25, -0.2) is 0 Å². The van der Waals surface area contributed by atoms with Gasteiger partial charge in [-0.2, -0.15) is 0 Å². The number of carbonyl (C=O) groups excluding carboxylic acids is 3. The number of aliphatic hydroxyl groups is 15. The molecule has 1 fully saturated rings. The number of Topliss-reactive ketones (excluding diaryl/α,β-unsaturated/α-hetero) is 2. The standard InChI is InChI=1S/C72H128N2O20/c1-36(2)29-55-45(12)61(71(92)74(55)17)68(89)41(8)24-28-53(78)33-51(76)26-22-39(6)65(86)46(13)56(80)19-18-20-57(81)47(14)67(88)43(10)30-42(9)64(85)44(11)31-58(82)59(83)34-54(79)35-60(94-72-70(91)62(73)69(90)49(16)93-72)38(5)21-25-50(75)32-52(77)27-23-40(7)66(87)48(15)63(84)37(3)4/h24,29-31,36-40,42,46-54,56-60,62-63,65-67,69-70,72,75-84,86-88,90-91H,18-23,25-28,32-35,73H2,1-17H3/b41-24+,43-30+,44-31+,55-29?. The van der Waals surface area contributed by atoms with Crippen LogP contribution in [0.25, 0.3) is 0 Å². The number of carbonyl (C=O) groups is 3. The van der Waals surface area contributed by atoms with Crippen LogP contribution in [0.1, 0.15) is 201 Å². The zero-order chi connectivity index (χ0) is 72.1. The van der Waals surface area contributed by atoms with E-state index in [1.165, 1.54) is 17.9 Å². The lowest BCUT2D eigenvalue weighted by Crippen LogP contribution is -2.61. The number of amides is 1. The first-order chi connectivity index (χ1) is 43.5. The van der Waals surface area contributed by atoms with Crippen molar-refractivity contribution < 1.29 is 100 Å². The number of ether oxygens (including phenoxy) is 2. The first kappa shape index (κ1) is 86.9. The van der Waals surface area contributed by atoms with Crippen molar-refractivity contribution >= 4 is 17.5 Å². The minimum absolute atomic E-state index is 0.0287. The number of aliphatic hydroxyl groups excluding tert-OH is 15. The van der Waals surface area contributed by atoms with Gasteiger partial charge in [0.15, 0.2) is 17.9 Å². The summed E-state index contributed by atoms with van der Waals surface area (Å²) >= 11 is 0. The molecule has 17 N–H and O–H groups in total. The van der Waals surface area contributed by atoms with E-state index in [4.69, 9.17) is 15.2 Å². The van der Waals surface area contributed by atoms with Gasteiger partial charge < -0.3 is 96.7 Å². The fourth-order valence-electron chi connectivity index (χ4n) is 12.9. The molecule has 0 aromatic heterocycles. The molecule has 1 saturated heterocycles. The van der Waals surface area contributed by atoms with E-state index in [-0.39, 0.29) is 104 Å². The number of hydrogen-bond acceptors (Lipinski definition) is 21. The van der Waals surface area contributed by atoms with Crippen molar-refractivity contribution in [1.82, 2.24) is 4.90 Å². The van der Waals surface area contributed by atoms with Gasteiger partial charge in [0.25, 0.3) is 5.91 Å².